The van der Waals surface area contributed by atoms with E-state index in [1.807, 2.05) is 47.7 Å². The number of ether oxygens (including phenoxy) is 1. The van der Waals surface area contributed by atoms with Crippen LogP contribution in [-0.4, -0.2) is 35.7 Å². The molecule has 0 radical (unpaired) electrons. The predicted molar refractivity (Wildman–Crippen MR) is 121 cm³/mol. The second-order valence-corrected chi connectivity index (χ2v) is 7.69. The third kappa shape index (κ3) is 3.96. The number of aryl methyl sites for hydroxylation is 3. The predicted octanol–water partition coefficient (Wildman–Crippen LogP) is 3.98. The van der Waals surface area contributed by atoms with Crippen LogP contribution in [0.4, 0.5) is 5.69 Å². The minimum Gasteiger partial charge on any atom is -0.438 e. The summed E-state index contributed by atoms with van der Waals surface area (Å²) in [4.78, 5) is 12.6. The van der Waals surface area contributed by atoms with Crippen LogP contribution in [0.25, 0.3) is 5.82 Å². The number of hydrogen-bond acceptors (Lipinski definition) is 6. The molecule has 164 valence electrons. The van der Waals surface area contributed by atoms with Crippen molar-refractivity contribution < 1.29 is 9.53 Å². The first-order valence-corrected chi connectivity index (χ1v) is 10.2. The highest BCUT2D eigenvalue weighted by atomic mass is 16.5. The average molecular weight is 432 g/mol. The van der Waals surface area contributed by atoms with Crippen LogP contribution in [0.5, 0.6) is 11.6 Å². The van der Waals surface area contributed by atoms with Crippen LogP contribution >= 0.6 is 0 Å². The van der Waals surface area contributed by atoms with Gasteiger partial charge in [-0.1, -0.05) is 0 Å². The molecule has 1 aromatic carbocycles. The monoisotopic (exact) mass is 431 g/mol. The molecule has 1 N–H and O–H groups in total. The lowest BCUT2D eigenvalue weighted by Gasteiger charge is -2.08. The molecule has 0 bridgehead atoms. The van der Waals surface area contributed by atoms with Crippen LogP contribution < -0.4 is 10.1 Å². The number of amides is 1. The molecule has 1 amide bonds. The molecule has 0 aliphatic heterocycles. The molecule has 9 nitrogen and oxygen atoms in total. The number of benzene rings is 1. The van der Waals surface area contributed by atoms with Gasteiger partial charge in [-0.05, 0) is 70.5 Å². The lowest BCUT2D eigenvalue weighted by atomic mass is 10.2. The Balaban J connectivity index is 1.43. The highest BCUT2D eigenvalue weighted by Crippen LogP contribution is 2.23. The number of aromatic nitrogens is 6. The van der Waals surface area contributed by atoms with Crippen molar-refractivity contribution in [3.05, 3.63) is 70.3 Å². The Morgan fingerprint density at radius 2 is 1.59 bits per heavy atom. The van der Waals surface area contributed by atoms with E-state index < -0.39 is 0 Å². The van der Waals surface area contributed by atoms with Crippen molar-refractivity contribution in [2.24, 2.45) is 7.05 Å². The van der Waals surface area contributed by atoms with Crippen LogP contribution in [0.1, 0.15) is 38.7 Å². The van der Waals surface area contributed by atoms with Gasteiger partial charge in [0.2, 0.25) is 5.88 Å². The Kier molecular flexibility index (Phi) is 5.48. The van der Waals surface area contributed by atoms with E-state index in [-0.39, 0.29) is 5.91 Å². The summed E-state index contributed by atoms with van der Waals surface area (Å²) in [7, 11) is 1.82. The van der Waals surface area contributed by atoms with Crippen LogP contribution in [0.3, 0.4) is 0 Å². The maximum absolute atomic E-state index is 12.6. The quantitative estimate of drug-likeness (QED) is 0.513. The summed E-state index contributed by atoms with van der Waals surface area (Å²) in [5.74, 6) is 1.39. The minimum absolute atomic E-state index is 0.192. The van der Waals surface area contributed by atoms with E-state index in [2.05, 4.69) is 25.7 Å². The molecule has 4 rings (SSSR count). The van der Waals surface area contributed by atoms with Crippen molar-refractivity contribution in [1.29, 1.82) is 0 Å². The standard InChI is InChI=1S/C23H25N7O2/c1-13-14(2)28-30(16(13)4)20-11-12-21(26-25-20)32-19-9-7-18(8-10-19)24-23(31)22-15(3)27-29(6)17(22)5/h7-12H,1-6H3,(H,24,31). The van der Waals surface area contributed by atoms with E-state index in [9.17, 15) is 4.79 Å². The largest absolute Gasteiger partial charge is 0.438 e. The van der Waals surface area contributed by atoms with Crippen LogP contribution in [0, 0.1) is 34.6 Å². The summed E-state index contributed by atoms with van der Waals surface area (Å²) in [6, 6.07) is 10.6. The Morgan fingerprint density at radius 1 is 0.875 bits per heavy atom. The molecule has 0 saturated carbocycles. The highest BCUT2D eigenvalue weighted by Gasteiger charge is 2.17. The zero-order chi connectivity index (χ0) is 23.0. The Bertz CT molecular complexity index is 1290. The van der Waals surface area contributed by atoms with Gasteiger partial charge < -0.3 is 10.1 Å². The molecule has 0 atom stereocenters. The molecule has 9 heteroatoms. The third-order valence-electron chi connectivity index (χ3n) is 5.57. The molecule has 32 heavy (non-hydrogen) atoms. The van der Waals surface area contributed by atoms with Crippen molar-refractivity contribution in [3.63, 3.8) is 0 Å². The lowest BCUT2D eigenvalue weighted by molar-refractivity contribution is 0.102. The van der Waals surface area contributed by atoms with Gasteiger partial charge in [-0.3, -0.25) is 9.48 Å². The van der Waals surface area contributed by atoms with E-state index in [0.717, 1.165) is 22.6 Å². The highest BCUT2D eigenvalue weighted by molar-refractivity contribution is 6.05. The fraction of sp³-hybridized carbons (Fsp3) is 0.261. The van der Waals surface area contributed by atoms with Gasteiger partial charge in [0.05, 0.1) is 17.0 Å². The van der Waals surface area contributed by atoms with E-state index in [0.29, 0.717) is 34.4 Å². The van der Waals surface area contributed by atoms with Gasteiger partial charge in [0.25, 0.3) is 5.91 Å². The normalized spacial score (nSPS) is 10.9. The summed E-state index contributed by atoms with van der Waals surface area (Å²) >= 11 is 0. The molecule has 3 heterocycles. The van der Waals surface area contributed by atoms with Crippen molar-refractivity contribution in [2.75, 3.05) is 5.32 Å². The van der Waals surface area contributed by atoms with Gasteiger partial charge in [-0.2, -0.15) is 10.2 Å². The Labute approximate surface area is 186 Å². The van der Waals surface area contributed by atoms with E-state index in [1.165, 1.54) is 0 Å². The fourth-order valence-corrected chi connectivity index (χ4v) is 3.45. The summed E-state index contributed by atoms with van der Waals surface area (Å²) < 4.78 is 9.25. The third-order valence-corrected chi connectivity index (χ3v) is 5.57. The van der Waals surface area contributed by atoms with Crippen molar-refractivity contribution >= 4 is 11.6 Å². The van der Waals surface area contributed by atoms with Crippen molar-refractivity contribution in [2.45, 2.75) is 34.6 Å². The first-order chi connectivity index (χ1) is 15.2. The smallest absolute Gasteiger partial charge is 0.259 e. The number of hydrogen-bond donors (Lipinski definition) is 1. The fourth-order valence-electron chi connectivity index (χ4n) is 3.45. The Morgan fingerprint density at radius 3 is 2.12 bits per heavy atom. The SMILES string of the molecule is Cc1nn(-c2ccc(Oc3ccc(NC(=O)c4c(C)nn(C)c4C)cc3)nn2)c(C)c1C. The average Bonchev–Trinajstić information content (AvgIpc) is 3.18. The van der Waals surface area contributed by atoms with E-state index in [4.69, 9.17) is 4.74 Å². The van der Waals surface area contributed by atoms with Gasteiger partial charge in [-0.25, -0.2) is 4.68 Å². The van der Waals surface area contributed by atoms with Gasteiger partial charge in [-0.15, -0.1) is 10.2 Å². The van der Waals surface area contributed by atoms with Crippen LogP contribution in [0.15, 0.2) is 36.4 Å². The second-order valence-electron chi connectivity index (χ2n) is 7.69. The molecular weight excluding hydrogens is 406 g/mol. The summed E-state index contributed by atoms with van der Waals surface area (Å²) in [5, 5.41) is 20.1. The summed E-state index contributed by atoms with van der Waals surface area (Å²) in [5.41, 5.74) is 5.88. The molecule has 4 aromatic rings. The van der Waals surface area contributed by atoms with Crippen molar-refractivity contribution in [3.8, 4) is 17.4 Å². The minimum atomic E-state index is -0.192. The van der Waals surface area contributed by atoms with Gasteiger partial charge >= 0.3 is 0 Å². The second kappa shape index (κ2) is 8.26. The zero-order valence-electron chi connectivity index (χ0n) is 19.0. The number of nitrogens with zero attached hydrogens (tertiary/aromatic N) is 6. The number of rotatable bonds is 5. The molecule has 0 aliphatic carbocycles. The molecule has 0 unspecified atom stereocenters. The maximum Gasteiger partial charge on any atom is 0.259 e. The summed E-state index contributed by atoms with van der Waals surface area (Å²) in [6.45, 7) is 9.69. The molecule has 0 aliphatic rings. The van der Waals surface area contributed by atoms with Crippen LogP contribution in [0.2, 0.25) is 0 Å². The number of carbonyl (C=O) groups excluding carboxylic acids is 1. The number of nitrogens with one attached hydrogen (secondary N) is 1. The van der Waals surface area contributed by atoms with Gasteiger partial charge in [0, 0.05) is 30.2 Å². The molecule has 0 spiro atoms. The van der Waals surface area contributed by atoms with E-state index >= 15 is 0 Å². The zero-order valence-corrected chi connectivity index (χ0v) is 19.0. The number of carbonyl (C=O) groups is 1. The lowest BCUT2D eigenvalue weighted by Crippen LogP contribution is -2.14. The topological polar surface area (TPSA) is 99.8 Å². The number of anilines is 1. The maximum atomic E-state index is 12.6. The summed E-state index contributed by atoms with van der Waals surface area (Å²) in [6.07, 6.45) is 0. The van der Waals surface area contributed by atoms with Gasteiger partial charge in [0.15, 0.2) is 5.82 Å². The van der Waals surface area contributed by atoms with E-state index in [1.54, 1.807) is 39.7 Å². The molecule has 3 aromatic heterocycles. The molecular formula is C23H25N7O2. The first kappa shape index (κ1) is 21.2. The van der Waals surface area contributed by atoms with Crippen LogP contribution in [-0.2, 0) is 7.05 Å². The Hall–Kier alpha value is -4.01. The van der Waals surface area contributed by atoms with Gasteiger partial charge in [0.1, 0.15) is 5.75 Å². The van der Waals surface area contributed by atoms with Crippen molar-refractivity contribution in [1.82, 2.24) is 29.8 Å². The molecule has 0 fully saturated rings. The first-order valence-electron chi connectivity index (χ1n) is 10.2. The molecule has 0 saturated heterocycles.